The summed E-state index contributed by atoms with van der Waals surface area (Å²) in [6.45, 7) is 0. The van der Waals surface area contributed by atoms with Gasteiger partial charge in [0, 0.05) is 5.69 Å². The lowest BCUT2D eigenvalue weighted by molar-refractivity contribution is -0.156. The third kappa shape index (κ3) is 1.74. The van der Waals surface area contributed by atoms with Crippen molar-refractivity contribution < 1.29 is 25.8 Å². The molecule has 9 heteroatoms. The second-order valence-corrected chi connectivity index (χ2v) is 4.08. The molecule has 0 aromatic heterocycles. The fourth-order valence-electron chi connectivity index (χ4n) is 1.49. The van der Waals surface area contributed by atoms with E-state index in [0.29, 0.717) is 0 Å². The van der Waals surface area contributed by atoms with Crippen LogP contribution in [0, 0.1) is 0 Å². The van der Waals surface area contributed by atoms with Crippen LogP contribution in [0.3, 0.4) is 0 Å². The van der Waals surface area contributed by atoms with Crippen molar-refractivity contribution in [2.75, 3.05) is 4.90 Å². The van der Waals surface area contributed by atoms with Crippen molar-refractivity contribution in [2.45, 2.75) is 6.05 Å². The molecule has 1 heterocycles. The van der Waals surface area contributed by atoms with Crippen LogP contribution >= 0.6 is 11.3 Å². The number of amides is 1. The Balaban J connectivity index is 2.62. The maximum atomic E-state index is 13.5. The third-order valence-electron chi connectivity index (χ3n) is 2.23. The summed E-state index contributed by atoms with van der Waals surface area (Å²) >= 11 is -3.83. The highest BCUT2D eigenvalue weighted by Gasteiger charge is 2.61. The number of benzene rings is 1. The highest BCUT2D eigenvalue weighted by molar-refractivity contribution is 8.07. The van der Waals surface area contributed by atoms with Gasteiger partial charge in [0.05, 0.1) is 0 Å². The topological polar surface area (TPSA) is 23.6 Å². The molecule has 0 radical (unpaired) electrons. The second kappa shape index (κ2) is 4.23. The standard InChI is InChI=1S/C9H5F5N2OS/c10-9(11)7(17)16(12)8(18(13)14)15(9)6-4-2-1-3-5-6/h1-5H. The number of alkyl halides is 2. The molecule has 1 aliphatic heterocycles. The van der Waals surface area contributed by atoms with Crippen LogP contribution in [0.15, 0.2) is 30.3 Å². The summed E-state index contributed by atoms with van der Waals surface area (Å²) in [5.41, 5.74) is -0.390. The van der Waals surface area contributed by atoms with E-state index in [-0.39, 0.29) is 10.6 Å². The number of carbonyl (C=O) groups excluding carboxylic acids is 1. The zero-order valence-electron chi connectivity index (χ0n) is 8.49. The SMILES string of the molecule is O=C1N(F)C(=S(F)F)N(c2ccccc2)C1(F)F. The van der Waals surface area contributed by atoms with Crippen molar-refractivity contribution in [1.82, 2.24) is 5.12 Å². The van der Waals surface area contributed by atoms with Crippen LogP contribution in [-0.2, 0) is 4.79 Å². The first kappa shape index (κ1) is 12.8. The molecule has 1 aliphatic rings. The minimum Gasteiger partial charge on any atom is -0.262 e. The predicted molar refractivity (Wildman–Crippen MR) is 56.6 cm³/mol. The third-order valence-corrected chi connectivity index (χ3v) is 2.85. The van der Waals surface area contributed by atoms with E-state index in [4.69, 9.17) is 0 Å². The Labute approximate surface area is 101 Å². The molecule has 2 rings (SSSR count). The number of para-hydroxylation sites is 1. The Morgan fingerprint density at radius 3 is 2.17 bits per heavy atom. The Hall–Kier alpha value is -1.64. The molecule has 0 unspecified atom stereocenters. The molecule has 1 aromatic rings. The zero-order chi connectivity index (χ0) is 13.5. The molecule has 98 valence electrons. The van der Waals surface area contributed by atoms with E-state index in [2.05, 4.69) is 0 Å². The van der Waals surface area contributed by atoms with Gasteiger partial charge in [-0.1, -0.05) is 22.7 Å². The predicted octanol–water partition coefficient (Wildman–Crippen LogP) is 2.94. The van der Waals surface area contributed by atoms with E-state index in [1.165, 1.54) is 18.2 Å². The molecule has 18 heavy (non-hydrogen) atoms. The van der Waals surface area contributed by atoms with E-state index in [1.54, 1.807) is 0 Å². The first-order chi connectivity index (χ1) is 8.37. The summed E-state index contributed by atoms with van der Waals surface area (Å²) in [5.74, 6) is -2.32. The van der Waals surface area contributed by atoms with Crippen molar-refractivity contribution in [3.8, 4) is 0 Å². The van der Waals surface area contributed by atoms with Crippen LogP contribution in [0.1, 0.15) is 0 Å². The van der Waals surface area contributed by atoms with Gasteiger partial charge in [-0.2, -0.15) is 8.78 Å². The fraction of sp³-hybridized carbons (Fsp3) is 0.111. The van der Waals surface area contributed by atoms with Gasteiger partial charge in [-0.3, -0.25) is 4.79 Å². The molecular formula is C9H5F5N2OS. The Bertz CT molecular complexity index is 517. The first-order valence-electron chi connectivity index (χ1n) is 4.54. The molecule has 3 nitrogen and oxygen atoms in total. The molecule has 0 atom stereocenters. The number of hydrogen-bond donors (Lipinski definition) is 0. The lowest BCUT2D eigenvalue weighted by Gasteiger charge is -2.22. The quantitative estimate of drug-likeness (QED) is 0.342. The number of carbonyl (C=O) groups is 1. The Kier molecular flexibility index (Phi) is 3.01. The minimum atomic E-state index is -4.37. The van der Waals surface area contributed by atoms with Gasteiger partial charge in [0.2, 0.25) is 16.4 Å². The molecular weight excluding hydrogens is 279 g/mol. The van der Waals surface area contributed by atoms with E-state index < -0.39 is 33.4 Å². The molecule has 1 fully saturated rings. The van der Waals surface area contributed by atoms with Gasteiger partial charge >= 0.3 is 12.0 Å². The van der Waals surface area contributed by atoms with Crippen LogP contribution in [-0.4, -0.2) is 22.2 Å². The van der Waals surface area contributed by atoms with Gasteiger partial charge in [0.15, 0.2) is 0 Å². The van der Waals surface area contributed by atoms with Crippen molar-refractivity contribution in [3.05, 3.63) is 30.3 Å². The van der Waals surface area contributed by atoms with Crippen LogP contribution in [0.4, 0.5) is 26.7 Å². The Morgan fingerprint density at radius 1 is 1.11 bits per heavy atom. The fourth-order valence-corrected chi connectivity index (χ4v) is 2.05. The summed E-state index contributed by atoms with van der Waals surface area (Å²) < 4.78 is 65.4. The summed E-state index contributed by atoms with van der Waals surface area (Å²) in [4.78, 5) is 10.6. The lowest BCUT2D eigenvalue weighted by atomic mass is 10.3. The van der Waals surface area contributed by atoms with E-state index in [0.717, 1.165) is 12.1 Å². The van der Waals surface area contributed by atoms with Crippen molar-refractivity contribution in [2.24, 2.45) is 0 Å². The van der Waals surface area contributed by atoms with Gasteiger partial charge in [-0.25, -0.2) is 4.90 Å². The van der Waals surface area contributed by atoms with Gasteiger partial charge < -0.3 is 0 Å². The largest absolute Gasteiger partial charge is 0.413 e. The molecule has 0 N–H and O–H groups in total. The molecule has 1 amide bonds. The van der Waals surface area contributed by atoms with Gasteiger partial charge in [0.1, 0.15) is 0 Å². The number of rotatable bonds is 1. The van der Waals surface area contributed by atoms with E-state index in [9.17, 15) is 25.8 Å². The van der Waals surface area contributed by atoms with Crippen LogP contribution in [0.25, 0.3) is 0 Å². The first-order valence-corrected chi connectivity index (χ1v) is 5.57. The average molecular weight is 284 g/mol. The second-order valence-electron chi connectivity index (χ2n) is 3.29. The highest BCUT2D eigenvalue weighted by atomic mass is 32.2. The molecule has 0 saturated carbocycles. The molecule has 0 spiro atoms. The normalized spacial score (nSPS) is 19.0. The number of hydrogen-bond acceptors (Lipinski definition) is 1. The van der Waals surface area contributed by atoms with Gasteiger partial charge in [-0.15, -0.1) is 12.9 Å². The summed E-state index contributed by atoms with van der Waals surface area (Å²) in [5, 5.41) is -2.85. The molecule has 0 aliphatic carbocycles. The van der Waals surface area contributed by atoms with Crippen molar-refractivity contribution in [3.63, 3.8) is 0 Å². The minimum absolute atomic E-state index is 0.293. The zero-order valence-corrected chi connectivity index (χ0v) is 9.30. The summed E-state index contributed by atoms with van der Waals surface area (Å²) in [6, 6.07) is 1.87. The number of halogens is 5. The smallest absolute Gasteiger partial charge is 0.262 e. The van der Waals surface area contributed by atoms with Crippen LogP contribution in [0.5, 0.6) is 0 Å². The van der Waals surface area contributed by atoms with Gasteiger partial charge in [-0.05, 0) is 12.1 Å². The van der Waals surface area contributed by atoms with E-state index >= 15 is 0 Å². The maximum absolute atomic E-state index is 13.5. The monoisotopic (exact) mass is 284 g/mol. The average Bonchev–Trinajstić information content (AvgIpc) is 2.51. The maximum Gasteiger partial charge on any atom is 0.413 e. The van der Waals surface area contributed by atoms with Crippen molar-refractivity contribution in [1.29, 1.82) is 0 Å². The van der Waals surface area contributed by atoms with Crippen molar-refractivity contribution >= 4 is 28.0 Å². The number of nitrogens with zero attached hydrogens (tertiary/aromatic N) is 2. The Morgan fingerprint density at radius 2 is 1.67 bits per heavy atom. The lowest BCUT2D eigenvalue weighted by Crippen LogP contribution is -2.42. The summed E-state index contributed by atoms with van der Waals surface area (Å²) in [7, 11) is 0. The summed E-state index contributed by atoms with van der Waals surface area (Å²) in [6.07, 6.45) is 0. The molecule has 1 aromatic carbocycles. The van der Waals surface area contributed by atoms with Gasteiger partial charge in [0.25, 0.3) is 0 Å². The highest BCUT2D eigenvalue weighted by Crippen LogP contribution is 2.40. The molecule has 1 saturated heterocycles. The van der Waals surface area contributed by atoms with E-state index in [1.807, 2.05) is 0 Å². The van der Waals surface area contributed by atoms with Crippen LogP contribution < -0.4 is 4.90 Å². The molecule has 0 bridgehead atoms. The number of anilines is 1. The van der Waals surface area contributed by atoms with Crippen LogP contribution in [0.2, 0.25) is 0 Å².